The molecule has 0 unspecified atom stereocenters. The molecule has 0 aliphatic heterocycles. The molecule has 0 spiro atoms. The van der Waals surface area contributed by atoms with Crippen LogP contribution in [-0.2, 0) is 0 Å². The molecule has 0 atom stereocenters. The fraction of sp³-hybridized carbons (Fsp3) is 0.294. The van der Waals surface area contributed by atoms with Gasteiger partial charge in [0.2, 0.25) is 0 Å². The monoisotopic (exact) mass is 301 g/mol. The van der Waals surface area contributed by atoms with Crippen LogP contribution in [0.4, 0.5) is 17.1 Å². The lowest BCUT2D eigenvalue weighted by Gasteiger charge is -2.28. The van der Waals surface area contributed by atoms with Crippen molar-refractivity contribution in [3.8, 4) is 11.1 Å². The number of hydrogen-bond donors (Lipinski definition) is 4. The lowest BCUT2D eigenvalue weighted by Crippen LogP contribution is -2.31. The van der Waals surface area contributed by atoms with Crippen LogP contribution in [0.25, 0.3) is 11.1 Å². The van der Waals surface area contributed by atoms with Crippen LogP contribution < -0.4 is 16.4 Å². The summed E-state index contributed by atoms with van der Waals surface area (Å²) in [5.41, 5.74) is 17.0. The molecule has 5 heteroatoms. The second kappa shape index (κ2) is 7.15. The molecule has 0 fully saturated rings. The van der Waals surface area contributed by atoms with Crippen LogP contribution in [-0.4, -0.2) is 36.5 Å². The Morgan fingerprint density at radius 3 is 2.14 bits per heavy atom. The Kier molecular flexibility index (Phi) is 5.25. The SMILES string of the molecule is Cc1ccccc1-c1ccc(N)c(N)c1N(CCO)CCO. The van der Waals surface area contributed by atoms with Crippen LogP contribution >= 0.6 is 0 Å². The third-order valence-electron chi connectivity index (χ3n) is 3.74. The highest BCUT2D eigenvalue weighted by Gasteiger charge is 2.18. The predicted molar refractivity (Wildman–Crippen MR) is 91.8 cm³/mol. The van der Waals surface area contributed by atoms with Crippen LogP contribution in [0.2, 0.25) is 0 Å². The number of aliphatic hydroxyl groups is 2. The van der Waals surface area contributed by atoms with Crippen LogP contribution in [0.3, 0.4) is 0 Å². The summed E-state index contributed by atoms with van der Waals surface area (Å²) in [6.45, 7) is 2.75. The van der Waals surface area contributed by atoms with Gasteiger partial charge in [-0.05, 0) is 24.1 Å². The summed E-state index contributed by atoms with van der Waals surface area (Å²) in [6.07, 6.45) is 0. The lowest BCUT2D eigenvalue weighted by molar-refractivity contribution is 0.281. The summed E-state index contributed by atoms with van der Waals surface area (Å²) in [7, 11) is 0. The van der Waals surface area contributed by atoms with Crippen molar-refractivity contribution in [3.05, 3.63) is 42.0 Å². The number of nitrogen functional groups attached to an aromatic ring is 2. The molecular formula is C17H23N3O2. The van der Waals surface area contributed by atoms with Crippen molar-refractivity contribution >= 4 is 17.1 Å². The minimum absolute atomic E-state index is 0.0263. The molecule has 0 bridgehead atoms. The van der Waals surface area contributed by atoms with Crippen molar-refractivity contribution in [1.29, 1.82) is 0 Å². The lowest BCUT2D eigenvalue weighted by atomic mass is 9.97. The van der Waals surface area contributed by atoms with Crippen LogP contribution in [0.15, 0.2) is 36.4 Å². The van der Waals surface area contributed by atoms with Crippen LogP contribution in [0, 0.1) is 6.92 Å². The van der Waals surface area contributed by atoms with E-state index < -0.39 is 0 Å². The average molecular weight is 301 g/mol. The molecule has 6 N–H and O–H groups in total. The van der Waals surface area contributed by atoms with Crippen molar-refractivity contribution in [1.82, 2.24) is 0 Å². The van der Waals surface area contributed by atoms with E-state index in [2.05, 4.69) is 0 Å². The number of aliphatic hydroxyl groups excluding tert-OH is 2. The number of nitrogens with two attached hydrogens (primary N) is 2. The zero-order chi connectivity index (χ0) is 16.1. The quantitative estimate of drug-likeness (QED) is 0.608. The molecule has 0 amide bonds. The molecule has 0 aliphatic carbocycles. The zero-order valence-corrected chi connectivity index (χ0v) is 12.8. The van der Waals surface area contributed by atoms with E-state index >= 15 is 0 Å². The molecule has 0 aromatic heterocycles. The first kappa shape index (κ1) is 16.1. The number of nitrogens with zero attached hydrogens (tertiary/aromatic N) is 1. The van der Waals surface area contributed by atoms with Crippen molar-refractivity contribution in [2.45, 2.75) is 6.92 Å². The minimum atomic E-state index is -0.0263. The maximum atomic E-state index is 9.31. The van der Waals surface area contributed by atoms with Gasteiger partial charge in [-0.1, -0.05) is 30.3 Å². The highest BCUT2D eigenvalue weighted by atomic mass is 16.3. The maximum absolute atomic E-state index is 9.31. The molecular weight excluding hydrogens is 278 g/mol. The van der Waals surface area contributed by atoms with Gasteiger partial charge in [0.15, 0.2) is 0 Å². The molecule has 118 valence electrons. The largest absolute Gasteiger partial charge is 0.397 e. The van der Waals surface area contributed by atoms with E-state index in [-0.39, 0.29) is 13.2 Å². The Morgan fingerprint density at radius 2 is 1.55 bits per heavy atom. The average Bonchev–Trinajstić information content (AvgIpc) is 2.50. The van der Waals surface area contributed by atoms with Gasteiger partial charge in [0, 0.05) is 18.7 Å². The first-order valence-electron chi connectivity index (χ1n) is 7.30. The van der Waals surface area contributed by atoms with Gasteiger partial charge in [-0.2, -0.15) is 0 Å². The normalized spacial score (nSPS) is 10.7. The van der Waals surface area contributed by atoms with E-state index in [1.807, 2.05) is 42.2 Å². The number of rotatable bonds is 6. The van der Waals surface area contributed by atoms with E-state index in [9.17, 15) is 10.2 Å². The summed E-state index contributed by atoms with van der Waals surface area (Å²) in [5.74, 6) is 0. The van der Waals surface area contributed by atoms with Crippen molar-refractivity contribution in [2.75, 3.05) is 42.7 Å². The Balaban J connectivity index is 2.64. The third kappa shape index (κ3) is 3.16. The highest BCUT2D eigenvalue weighted by molar-refractivity contribution is 5.93. The third-order valence-corrected chi connectivity index (χ3v) is 3.74. The number of hydrogen-bond acceptors (Lipinski definition) is 5. The molecule has 2 aromatic carbocycles. The predicted octanol–water partition coefficient (Wildman–Crippen LogP) is 1.62. The Labute approximate surface area is 130 Å². The van der Waals surface area contributed by atoms with Crippen LogP contribution in [0.1, 0.15) is 5.56 Å². The highest BCUT2D eigenvalue weighted by Crippen LogP contribution is 2.40. The minimum Gasteiger partial charge on any atom is -0.397 e. The first-order valence-corrected chi connectivity index (χ1v) is 7.30. The molecule has 0 aliphatic rings. The van der Waals surface area contributed by atoms with Crippen LogP contribution in [0.5, 0.6) is 0 Å². The van der Waals surface area contributed by atoms with E-state index in [0.717, 1.165) is 22.4 Å². The standard InChI is InChI=1S/C17H23N3O2/c1-12-4-2-3-5-13(12)14-6-7-15(18)16(19)17(14)20(8-10-21)9-11-22/h2-7,21-22H,8-11,18-19H2,1H3. The van der Waals surface area contributed by atoms with E-state index in [0.29, 0.717) is 24.5 Å². The first-order chi connectivity index (χ1) is 10.6. The summed E-state index contributed by atoms with van der Waals surface area (Å²) in [5, 5.41) is 18.6. The van der Waals surface area contributed by atoms with E-state index in [1.165, 1.54) is 0 Å². The second-order valence-corrected chi connectivity index (χ2v) is 5.21. The van der Waals surface area contributed by atoms with Gasteiger partial charge in [-0.15, -0.1) is 0 Å². The van der Waals surface area contributed by atoms with E-state index in [1.54, 1.807) is 6.07 Å². The maximum Gasteiger partial charge on any atom is 0.0791 e. The fourth-order valence-corrected chi connectivity index (χ4v) is 2.63. The molecule has 2 rings (SSSR count). The molecule has 0 saturated carbocycles. The number of anilines is 3. The van der Waals surface area contributed by atoms with Gasteiger partial charge in [-0.25, -0.2) is 0 Å². The Morgan fingerprint density at radius 1 is 0.909 bits per heavy atom. The van der Waals surface area contributed by atoms with Gasteiger partial charge in [0.1, 0.15) is 0 Å². The van der Waals surface area contributed by atoms with Gasteiger partial charge in [0.05, 0.1) is 30.3 Å². The molecule has 5 nitrogen and oxygen atoms in total. The smallest absolute Gasteiger partial charge is 0.0791 e. The van der Waals surface area contributed by atoms with Gasteiger partial charge >= 0.3 is 0 Å². The Bertz CT molecular complexity index is 638. The molecule has 0 radical (unpaired) electrons. The van der Waals surface area contributed by atoms with Gasteiger partial charge in [-0.3, -0.25) is 0 Å². The van der Waals surface area contributed by atoms with Crippen molar-refractivity contribution < 1.29 is 10.2 Å². The fourth-order valence-electron chi connectivity index (χ4n) is 2.63. The molecule has 0 saturated heterocycles. The van der Waals surface area contributed by atoms with E-state index in [4.69, 9.17) is 11.5 Å². The van der Waals surface area contributed by atoms with Crippen molar-refractivity contribution in [2.24, 2.45) is 0 Å². The Hall–Kier alpha value is -2.24. The summed E-state index contributed by atoms with van der Waals surface area (Å²) in [6, 6.07) is 11.7. The van der Waals surface area contributed by atoms with Crippen molar-refractivity contribution in [3.63, 3.8) is 0 Å². The van der Waals surface area contributed by atoms with Gasteiger partial charge in [0.25, 0.3) is 0 Å². The second-order valence-electron chi connectivity index (χ2n) is 5.21. The topological polar surface area (TPSA) is 95.7 Å². The molecule has 0 heterocycles. The molecule has 22 heavy (non-hydrogen) atoms. The summed E-state index contributed by atoms with van der Waals surface area (Å²) >= 11 is 0. The summed E-state index contributed by atoms with van der Waals surface area (Å²) in [4.78, 5) is 1.87. The zero-order valence-electron chi connectivity index (χ0n) is 12.8. The molecule has 2 aromatic rings. The number of benzene rings is 2. The summed E-state index contributed by atoms with van der Waals surface area (Å²) < 4.78 is 0. The number of aryl methyl sites for hydroxylation is 1. The van der Waals surface area contributed by atoms with Gasteiger partial charge < -0.3 is 26.6 Å².